The second-order valence-electron chi connectivity index (χ2n) is 7.10. The lowest BCUT2D eigenvalue weighted by atomic mass is 9.88. The number of carbonyl (C=O) groups excluding carboxylic acids is 1. The van der Waals surface area contributed by atoms with Gasteiger partial charge in [0.05, 0.1) is 11.4 Å². The van der Waals surface area contributed by atoms with E-state index in [1.54, 1.807) is 6.20 Å². The minimum absolute atomic E-state index is 0.201. The van der Waals surface area contributed by atoms with Crippen LogP contribution in [0.3, 0.4) is 0 Å². The number of anilines is 1. The lowest BCUT2D eigenvalue weighted by molar-refractivity contribution is -0.126. The van der Waals surface area contributed by atoms with Crippen molar-refractivity contribution in [1.29, 1.82) is 0 Å². The maximum Gasteiger partial charge on any atom is 0.225 e. The zero-order valence-electron chi connectivity index (χ0n) is 14.4. The Bertz CT molecular complexity index is 708. The van der Waals surface area contributed by atoms with Gasteiger partial charge in [0, 0.05) is 37.4 Å². The van der Waals surface area contributed by atoms with Crippen LogP contribution in [0.5, 0.6) is 0 Å². The Balaban J connectivity index is 1.37. The molecule has 2 aliphatic rings. The molecule has 1 amide bonds. The molecule has 6 heteroatoms. The third-order valence-corrected chi connectivity index (χ3v) is 5.31. The van der Waals surface area contributed by atoms with Crippen molar-refractivity contribution in [3.05, 3.63) is 30.6 Å². The summed E-state index contributed by atoms with van der Waals surface area (Å²) in [4.78, 5) is 26.9. The van der Waals surface area contributed by atoms with E-state index in [9.17, 15) is 4.79 Å². The van der Waals surface area contributed by atoms with Gasteiger partial charge in [-0.25, -0.2) is 9.97 Å². The molecule has 4 rings (SSSR count). The van der Waals surface area contributed by atoms with Gasteiger partial charge in [-0.05, 0) is 37.5 Å². The Morgan fingerprint density at radius 2 is 2.08 bits per heavy atom. The summed E-state index contributed by atoms with van der Waals surface area (Å²) >= 11 is 0. The largest absolute Gasteiger partial charge is 0.360 e. The van der Waals surface area contributed by atoms with Gasteiger partial charge in [-0.15, -0.1) is 0 Å². The highest BCUT2D eigenvalue weighted by molar-refractivity contribution is 5.79. The van der Waals surface area contributed by atoms with Crippen molar-refractivity contribution in [2.45, 2.75) is 44.6 Å². The standard InChI is InChI=1S/C19H25N5O/c25-18(14-5-2-1-3-6-14)22-15-9-12-24(13-15)19-21-11-8-17(23-19)16-7-4-10-20-16/h4,7-8,10-11,14-15,20H,1-3,5-6,9,12-13H2,(H,22,25). The van der Waals surface area contributed by atoms with Gasteiger partial charge in [0.2, 0.25) is 11.9 Å². The van der Waals surface area contributed by atoms with E-state index in [0.29, 0.717) is 0 Å². The van der Waals surface area contributed by atoms with Crippen molar-refractivity contribution >= 4 is 11.9 Å². The van der Waals surface area contributed by atoms with Crippen LogP contribution in [0.15, 0.2) is 30.6 Å². The number of amides is 1. The molecule has 1 saturated carbocycles. The van der Waals surface area contributed by atoms with Crippen LogP contribution < -0.4 is 10.2 Å². The number of aromatic nitrogens is 3. The second kappa shape index (κ2) is 7.25. The minimum atomic E-state index is 0.201. The van der Waals surface area contributed by atoms with E-state index in [1.807, 2.05) is 24.4 Å². The number of hydrogen-bond acceptors (Lipinski definition) is 4. The molecular formula is C19H25N5O. The quantitative estimate of drug-likeness (QED) is 0.898. The summed E-state index contributed by atoms with van der Waals surface area (Å²) in [6.07, 6.45) is 10.4. The van der Waals surface area contributed by atoms with E-state index in [0.717, 1.165) is 49.7 Å². The molecule has 1 aliphatic carbocycles. The van der Waals surface area contributed by atoms with E-state index < -0.39 is 0 Å². The number of aromatic amines is 1. The number of hydrogen-bond donors (Lipinski definition) is 2. The van der Waals surface area contributed by atoms with Gasteiger partial charge in [-0.1, -0.05) is 19.3 Å². The van der Waals surface area contributed by atoms with Crippen molar-refractivity contribution in [2.24, 2.45) is 5.92 Å². The molecule has 1 atom stereocenters. The van der Waals surface area contributed by atoms with Gasteiger partial charge in [-0.3, -0.25) is 4.79 Å². The molecule has 0 radical (unpaired) electrons. The molecule has 0 bridgehead atoms. The molecule has 2 fully saturated rings. The van der Waals surface area contributed by atoms with Crippen molar-refractivity contribution < 1.29 is 4.79 Å². The molecule has 1 unspecified atom stereocenters. The summed E-state index contributed by atoms with van der Waals surface area (Å²) in [6, 6.07) is 6.08. The van der Waals surface area contributed by atoms with Crippen LogP contribution in [0.4, 0.5) is 5.95 Å². The molecule has 0 aromatic carbocycles. The molecule has 2 aromatic heterocycles. The minimum Gasteiger partial charge on any atom is -0.360 e. The molecular weight excluding hydrogens is 314 g/mol. The Hall–Kier alpha value is -2.37. The number of H-pyrrole nitrogens is 1. The third kappa shape index (κ3) is 3.67. The topological polar surface area (TPSA) is 73.9 Å². The summed E-state index contributed by atoms with van der Waals surface area (Å²) in [5.74, 6) is 1.20. The Morgan fingerprint density at radius 3 is 2.88 bits per heavy atom. The monoisotopic (exact) mass is 339 g/mol. The fourth-order valence-corrected chi connectivity index (χ4v) is 3.88. The number of nitrogens with one attached hydrogen (secondary N) is 2. The predicted molar refractivity (Wildman–Crippen MR) is 97.2 cm³/mol. The van der Waals surface area contributed by atoms with Crippen LogP contribution in [0, 0.1) is 5.92 Å². The molecule has 6 nitrogen and oxygen atoms in total. The van der Waals surface area contributed by atoms with Gasteiger partial charge >= 0.3 is 0 Å². The molecule has 25 heavy (non-hydrogen) atoms. The van der Waals surface area contributed by atoms with Crippen molar-refractivity contribution in [2.75, 3.05) is 18.0 Å². The second-order valence-corrected chi connectivity index (χ2v) is 7.10. The van der Waals surface area contributed by atoms with Gasteiger partial charge in [0.25, 0.3) is 0 Å². The maximum atomic E-state index is 12.4. The van der Waals surface area contributed by atoms with Gasteiger partial charge in [0.15, 0.2) is 0 Å². The molecule has 0 spiro atoms. The van der Waals surface area contributed by atoms with Gasteiger partial charge in [-0.2, -0.15) is 0 Å². The average Bonchev–Trinajstić information content (AvgIpc) is 3.35. The molecule has 1 saturated heterocycles. The first-order valence-electron chi connectivity index (χ1n) is 9.32. The lowest BCUT2D eigenvalue weighted by Crippen LogP contribution is -2.41. The Kier molecular flexibility index (Phi) is 4.68. The third-order valence-electron chi connectivity index (χ3n) is 5.31. The maximum absolute atomic E-state index is 12.4. The summed E-state index contributed by atoms with van der Waals surface area (Å²) in [5, 5.41) is 3.25. The van der Waals surface area contributed by atoms with Crippen LogP contribution >= 0.6 is 0 Å². The fourth-order valence-electron chi connectivity index (χ4n) is 3.88. The summed E-state index contributed by atoms with van der Waals surface area (Å²) in [7, 11) is 0. The van der Waals surface area contributed by atoms with Crippen LogP contribution in [0.2, 0.25) is 0 Å². The van der Waals surface area contributed by atoms with E-state index in [2.05, 4.69) is 25.2 Å². The van der Waals surface area contributed by atoms with Gasteiger partial charge < -0.3 is 15.2 Å². The SMILES string of the molecule is O=C(NC1CCN(c2nccc(-c3ccc[nH]3)n2)C1)C1CCCCC1. The Labute approximate surface area is 148 Å². The summed E-state index contributed by atoms with van der Waals surface area (Å²) < 4.78 is 0. The highest BCUT2D eigenvalue weighted by Crippen LogP contribution is 2.25. The predicted octanol–water partition coefficient (Wildman–Crippen LogP) is 2.75. The highest BCUT2D eigenvalue weighted by atomic mass is 16.2. The highest BCUT2D eigenvalue weighted by Gasteiger charge is 2.28. The normalized spacial score (nSPS) is 21.4. The fraction of sp³-hybridized carbons (Fsp3) is 0.526. The molecule has 3 heterocycles. The van der Waals surface area contributed by atoms with Crippen molar-refractivity contribution in [3.8, 4) is 11.4 Å². The van der Waals surface area contributed by atoms with E-state index in [1.165, 1.54) is 19.3 Å². The molecule has 2 aromatic rings. The zero-order chi connectivity index (χ0) is 17.1. The van der Waals surface area contributed by atoms with E-state index in [4.69, 9.17) is 0 Å². The Morgan fingerprint density at radius 1 is 1.20 bits per heavy atom. The first kappa shape index (κ1) is 16.1. The van der Waals surface area contributed by atoms with Crippen LogP contribution in [0.1, 0.15) is 38.5 Å². The van der Waals surface area contributed by atoms with Crippen LogP contribution in [-0.2, 0) is 4.79 Å². The number of rotatable bonds is 4. The van der Waals surface area contributed by atoms with Crippen LogP contribution in [0.25, 0.3) is 11.4 Å². The smallest absolute Gasteiger partial charge is 0.225 e. The average molecular weight is 339 g/mol. The summed E-state index contributed by atoms with van der Waals surface area (Å²) in [6.45, 7) is 1.66. The van der Waals surface area contributed by atoms with E-state index in [-0.39, 0.29) is 17.9 Å². The first-order chi connectivity index (χ1) is 12.3. The number of carbonyl (C=O) groups is 1. The lowest BCUT2D eigenvalue weighted by Gasteiger charge is -2.23. The number of nitrogens with zero attached hydrogens (tertiary/aromatic N) is 3. The van der Waals surface area contributed by atoms with Crippen molar-refractivity contribution in [1.82, 2.24) is 20.3 Å². The molecule has 1 aliphatic heterocycles. The summed E-state index contributed by atoms with van der Waals surface area (Å²) in [5.41, 5.74) is 1.88. The zero-order valence-corrected chi connectivity index (χ0v) is 14.4. The van der Waals surface area contributed by atoms with Gasteiger partial charge in [0.1, 0.15) is 0 Å². The molecule has 2 N–H and O–H groups in total. The van der Waals surface area contributed by atoms with E-state index >= 15 is 0 Å². The van der Waals surface area contributed by atoms with Crippen LogP contribution in [-0.4, -0.2) is 40.0 Å². The molecule has 132 valence electrons. The first-order valence-corrected chi connectivity index (χ1v) is 9.32. The van der Waals surface area contributed by atoms with Crippen molar-refractivity contribution in [3.63, 3.8) is 0 Å².